The highest BCUT2D eigenvalue weighted by atomic mass is 14.8. The topological polar surface area (TPSA) is 38.0 Å². The van der Waals surface area contributed by atoms with Crippen LogP contribution in [0.1, 0.15) is 18.9 Å². The van der Waals surface area contributed by atoms with Crippen molar-refractivity contribution in [2.24, 2.45) is 11.7 Å². The van der Waals surface area contributed by atoms with Gasteiger partial charge < -0.3 is 11.1 Å². The molecule has 0 aliphatic heterocycles. The molecule has 2 nitrogen and oxygen atoms in total. The van der Waals surface area contributed by atoms with Crippen molar-refractivity contribution < 1.29 is 0 Å². The lowest BCUT2D eigenvalue weighted by atomic mass is 10.0. The zero-order chi connectivity index (χ0) is 13.5. The highest BCUT2D eigenvalue weighted by molar-refractivity contribution is 5.85. The van der Waals surface area contributed by atoms with Crippen molar-refractivity contribution in [2.75, 3.05) is 19.6 Å². The smallest absolute Gasteiger partial charge is 0.000802 e. The molecule has 0 aliphatic rings. The van der Waals surface area contributed by atoms with Gasteiger partial charge in [0.1, 0.15) is 0 Å². The monoisotopic (exact) mass is 256 g/mol. The molecule has 2 aromatic rings. The Morgan fingerprint density at radius 2 is 1.89 bits per heavy atom. The molecular formula is C17H24N2. The summed E-state index contributed by atoms with van der Waals surface area (Å²) >= 11 is 0. The summed E-state index contributed by atoms with van der Waals surface area (Å²) in [5.41, 5.74) is 6.99. The van der Waals surface area contributed by atoms with Crippen LogP contribution in [0.2, 0.25) is 0 Å². The Balaban J connectivity index is 1.88. The number of benzene rings is 2. The van der Waals surface area contributed by atoms with Gasteiger partial charge in [-0.05, 0) is 54.7 Å². The maximum Gasteiger partial charge on any atom is -0.000802 e. The summed E-state index contributed by atoms with van der Waals surface area (Å²) in [6.07, 6.45) is 2.18. The Labute approximate surface area is 116 Å². The molecular weight excluding hydrogens is 232 g/mol. The molecule has 2 aromatic carbocycles. The quantitative estimate of drug-likeness (QED) is 0.747. The molecule has 102 valence electrons. The van der Waals surface area contributed by atoms with Gasteiger partial charge in [0.2, 0.25) is 0 Å². The first kappa shape index (κ1) is 14.0. The first-order chi connectivity index (χ1) is 9.31. The molecule has 0 spiro atoms. The molecule has 1 unspecified atom stereocenters. The third-order valence-electron chi connectivity index (χ3n) is 3.60. The van der Waals surface area contributed by atoms with Crippen LogP contribution in [0.15, 0.2) is 42.5 Å². The lowest BCUT2D eigenvalue weighted by Gasteiger charge is -2.12. The molecule has 0 aliphatic carbocycles. The van der Waals surface area contributed by atoms with Crippen molar-refractivity contribution in [3.05, 3.63) is 48.0 Å². The Morgan fingerprint density at radius 3 is 2.74 bits per heavy atom. The van der Waals surface area contributed by atoms with Crippen LogP contribution in [0.3, 0.4) is 0 Å². The molecule has 0 bridgehead atoms. The van der Waals surface area contributed by atoms with E-state index in [1.165, 1.54) is 16.3 Å². The van der Waals surface area contributed by atoms with Gasteiger partial charge in [0.25, 0.3) is 0 Å². The van der Waals surface area contributed by atoms with Gasteiger partial charge in [-0.2, -0.15) is 0 Å². The molecule has 3 N–H and O–H groups in total. The molecule has 0 saturated carbocycles. The van der Waals surface area contributed by atoms with Gasteiger partial charge in [-0.3, -0.25) is 0 Å². The fourth-order valence-electron chi connectivity index (χ4n) is 2.47. The molecule has 0 radical (unpaired) electrons. The second-order valence-corrected chi connectivity index (χ2v) is 5.27. The van der Waals surface area contributed by atoms with E-state index in [-0.39, 0.29) is 0 Å². The Bertz CT molecular complexity index is 502. The van der Waals surface area contributed by atoms with Gasteiger partial charge in [0.15, 0.2) is 0 Å². The largest absolute Gasteiger partial charge is 0.330 e. The van der Waals surface area contributed by atoms with Crippen molar-refractivity contribution in [1.82, 2.24) is 5.32 Å². The number of nitrogens with one attached hydrogen (secondary N) is 1. The average molecular weight is 256 g/mol. The van der Waals surface area contributed by atoms with E-state index in [1.807, 2.05) is 0 Å². The van der Waals surface area contributed by atoms with Crippen LogP contribution in [-0.4, -0.2) is 19.6 Å². The molecule has 1 atom stereocenters. The number of nitrogens with two attached hydrogens (primary N) is 1. The first-order valence-electron chi connectivity index (χ1n) is 7.18. The number of fused-ring (bicyclic) bond motifs is 1. The SMILES string of the molecule is CC(CCN)CNCCc1cccc2ccccc12. The van der Waals surface area contributed by atoms with Gasteiger partial charge in [-0.15, -0.1) is 0 Å². The van der Waals surface area contributed by atoms with Crippen molar-refractivity contribution in [3.8, 4) is 0 Å². The van der Waals surface area contributed by atoms with Crippen LogP contribution in [0, 0.1) is 5.92 Å². The van der Waals surface area contributed by atoms with Crippen LogP contribution in [-0.2, 0) is 6.42 Å². The first-order valence-corrected chi connectivity index (χ1v) is 7.18. The predicted molar refractivity (Wildman–Crippen MR) is 83.4 cm³/mol. The summed E-state index contributed by atoms with van der Waals surface area (Å²) in [6, 6.07) is 15.1. The van der Waals surface area contributed by atoms with E-state index < -0.39 is 0 Å². The zero-order valence-corrected chi connectivity index (χ0v) is 11.7. The standard InChI is InChI=1S/C17H24N2/c1-14(9-11-18)13-19-12-10-16-7-4-6-15-5-2-3-8-17(15)16/h2-8,14,19H,9-13,18H2,1H3. The van der Waals surface area contributed by atoms with Gasteiger partial charge in [-0.25, -0.2) is 0 Å². The molecule has 0 amide bonds. The number of hydrogen-bond donors (Lipinski definition) is 2. The van der Waals surface area contributed by atoms with Gasteiger partial charge in [0, 0.05) is 0 Å². The van der Waals surface area contributed by atoms with E-state index in [4.69, 9.17) is 5.73 Å². The Morgan fingerprint density at radius 1 is 1.11 bits per heavy atom. The van der Waals surface area contributed by atoms with Crippen LogP contribution in [0.5, 0.6) is 0 Å². The summed E-state index contributed by atoms with van der Waals surface area (Å²) in [5, 5.41) is 6.23. The van der Waals surface area contributed by atoms with Crippen molar-refractivity contribution in [2.45, 2.75) is 19.8 Å². The summed E-state index contributed by atoms with van der Waals surface area (Å²) in [4.78, 5) is 0. The fraction of sp³-hybridized carbons (Fsp3) is 0.412. The normalized spacial score (nSPS) is 12.7. The van der Waals surface area contributed by atoms with Crippen LogP contribution in [0.4, 0.5) is 0 Å². The van der Waals surface area contributed by atoms with E-state index in [1.54, 1.807) is 0 Å². The third-order valence-corrected chi connectivity index (χ3v) is 3.60. The maximum absolute atomic E-state index is 5.56. The summed E-state index contributed by atoms with van der Waals surface area (Å²) in [7, 11) is 0. The lowest BCUT2D eigenvalue weighted by Crippen LogP contribution is -2.24. The molecule has 0 fully saturated rings. The fourth-order valence-corrected chi connectivity index (χ4v) is 2.47. The van der Waals surface area contributed by atoms with Gasteiger partial charge in [-0.1, -0.05) is 49.4 Å². The van der Waals surface area contributed by atoms with E-state index in [0.717, 1.165) is 32.5 Å². The molecule has 0 heterocycles. The van der Waals surface area contributed by atoms with Gasteiger partial charge >= 0.3 is 0 Å². The molecule has 19 heavy (non-hydrogen) atoms. The lowest BCUT2D eigenvalue weighted by molar-refractivity contribution is 0.489. The maximum atomic E-state index is 5.56. The molecule has 0 aromatic heterocycles. The average Bonchev–Trinajstić information content (AvgIpc) is 2.44. The van der Waals surface area contributed by atoms with E-state index >= 15 is 0 Å². The number of rotatable bonds is 7. The van der Waals surface area contributed by atoms with E-state index in [9.17, 15) is 0 Å². The molecule has 2 rings (SSSR count). The predicted octanol–water partition coefficient (Wildman–Crippen LogP) is 2.96. The van der Waals surface area contributed by atoms with Crippen LogP contribution < -0.4 is 11.1 Å². The van der Waals surface area contributed by atoms with Crippen LogP contribution >= 0.6 is 0 Å². The minimum Gasteiger partial charge on any atom is -0.330 e. The van der Waals surface area contributed by atoms with Crippen molar-refractivity contribution in [3.63, 3.8) is 0 Å². The van der Waals surface area contributed by atoms with Crippen molar-refractivity contribution >= 4 is 10.8 Å². The third kappa shape index (κ3) is 4.05. The van der Waals surface area contributed by atoms with E-state index in [0.29, 0.717) is 5.92 Å². The Hall–Kier alpha value is -1.38. The highest BCUT2D eigenvalue weighted by Gasteiger charge is 2.02. The zero-order valence-electron chi connectivity index (χ0n) is 11.7. The second-order valence-electron chi connectivity index (χ2n) is 5.27. The van der Waals surface area contributed by atoms with Gasteiger partial charge in [0.05, 0.1) is 0 Å². The minimum atomic E-state index is 0.664. The highest BCUT2D eigenvalue weighted by Crippen LogP contribution is 2.18. The minimum absolute atomic E-state index is 0.664. The Kier molecular flexibility index (Phi) is 5.37. The summed E-state index contributed by atoms with van der Waals surface area (Å²) in [6.45, 7) is 5.12. The number of hydrogen-bond acceptors (Lipinski definition) is 2. The molecule has 2 heteroatoms. The van der Waals surface area contributed by atoms with Crippen LogP contribution in [0.25, 0.3) is 10.8 Å². The molecule has 0 saturated heterocycles. The van der Waals surface area contributed by atoms with E-state index in [2.05, 4.69) is 54.7 Å². The summed E-state index contributed by atoms with van der Waals surface area (Å²) in [5.74, 6) is 0.664. The second kappa shape index (κ2) is 7.27. The van der Waals surface area contributed by atoms with Crippen molar-refractivity contribution in [1.29, 1.82) is 0 Å². The summed E-state index contributed by atoms with van der Waals surface area (Å²) < 4.78 is 0.